The standard InChI is InChI=1S/C33H33N3O6/c1-22(2)42-32(41)30(39)33(34-23(3)37,20-25-14-8-5-9-15-25)36-28(26-16-10-6-11-17-26)21-35(24(4)38)29(31(36)40)27-18-12-7-13-19-27/h5-19,21-22,29H,20H2,1-4H3,(H,34,37)/t29?,33-/m0/s1. The Bertz CT molecular complexity index is 1500. The Labute approximate surface area is 244 Å². The second-order valence-corrected chi connectivity index (χ2v) is 10.3. The maximum atomic E-state index is 14.8. The summed E-state index contributed by atoms with van der Waals surface area (Å²) in [5.41, 5.74) is -0.551. The van der Waals surface area contributed by atoms with Crippen LogP contribution >= 0.6 is 0 Å². The van der Waals surface area contributed by atoms with Gasteiger partial charge in [0.25, 0.3) is 11.7 Å². The van der Waals surface area contributed by atoms with Gasteiger partial charge in [0.05, 0.1) is 11.8 Å². The first kappa shape index (κ1) is 29.9. The van der Waals surface area contributed by atoms with E-state index in [1.54, 1.807) is 105 Å². The van der Waals surface area contributed by atoms with Crippen molar-refractivity contribution < 1.29 is 28.7 Å². The molecular weight excluding hydrogens is 534 g/mol. The van der Waals surface area contributed by atoms with Crippen molar-refractivity contribution in [3.8, 4) is 0 Å². The van der Waals surface area contributed by atoms with Crippen LogP contribution in [0, 0.1) is 0 Å². The van der Waals surface area contributed by atoms with Crippen molar-refractivity contribution in [1.29, 1.82) is 0 Å². The van der Waals surface area contributed by atoms with E-state index in [2.05, 4.69) is 5.32 Å². The molecule has 0 saturated heterocycles. The molecule has 9 nitrogen and oxygen atoms in total. The molecule has 0 bridgehead atoms. The van der Waals surface area contributed by atoms with Crippen LogP contribution in [0.3, 0.4) is 0 Å². The zero-order valence-electron chi connectivity index (χ0n) is 23.9. The van der Waals surface area contributed by atoms with Gasteiger partial charge in [0, 0.05) is 26.5 Å². The Morgan fingerprint density at radius 2 is 1.40 bits per heavy atom. The van der Waals surface area contributed by atoms with Crippen molar-refractivity contribution in [2.24, 2.45) is 0 Å². The average molecular weight is 568 g/mol. The molecule has 1 aliphatic rings. The molecule has 216 valence electrons. The fourth-order valence-corrected chi connectivity index (χ4v) is 5.08. The number of rotatable bonds is 9. The summed E-state index contributed by atoms with van der Waals surface area (Å²) in [7, 11) is 0. The molecule has 0 aromatic heterocycles. The molecule has 4 rings (SSSR count). The molecule has 0 aliphatic carbocycles. The van der Waals surface area contributed by atoms with Gasteiger partial charge < -0.3 is 15.0 Å². The number of carbonyl (C=O) groups is 5. The van der Waals surface area contributed by atoms with Crippen LogP contribution in [0.1, 0.15) is 50.4 Å². The molecular formula is C33H33N3O6. The Hall–Kier alpha value is -5.05. The fourth-order valence-electron chi connectivity index (χ4n) is 5.08. The lowest BCUT2D eigenvalue weighted by Crippen LogP contribution is -2.71. The van der Waals surface area contributed by atoms with Crippen molar-refractivity contribution in [2.75, 3.05) is 0 Å². The Kier molecular flexibility index (Phi) is 9.00. The van der Waals surface area contributed by atoms with Crippen LogP contribution in [-0.4, -0.2) is 51.0 Å². The summed E-state index contributed by atoms with van der Waals surface area (Å²) < 4.78 is 5.31. The summed E-state index contributed by atoms with van der Waals surface area (Å²) in [6, 6.07) is 24.9. The van der Waals surface area contributed by atoms with Gasteiger partial charge in [-0.15, -0.1) is 0 Å². The topological polar surface area (TPSA) is 113 Å². The predicted octanol–water partition coefficient (Wildman–Crippen LogP) is 4.01. The van der Waals surface area contributed by atoms with Crippen LogP contribution in [0.15, 0.2) is 97.2 Å². The molecule has 0 spiro atoms. The molecule has 42 heavy (non-hydrogen) atoms. The highest BCUT2D eigenvalue weighted by Crippen LogP contribution is 2.40. The lowest BCUT2D eigenvalue weighted by molar-refractivity contribution is -0.166. The van der Waals surface area contributed by atoms with Crippen LogP contribution in [0.5, 0.6) is 0 Å². The van der Waals surface area contributed by atoms with Gasteiger partial charge in [-0.1, -0.05) is 91.0 Å². The Balaban J connectivity index is 2.07. The van der Waals surface area contributed by atoms with Gasteiger partial charge in [0.1, 0.15) is 6.04 Å². The fraction of sp³-hybridized carbons (Fsp3) is 0.242. The van der Waals surface area contributed by atoms with Gasteiger partial charge in [-0.25, -0.2) is 4.79 Å². The molecule has 0 radical (unpaired) electrons. The predicted molar refractivity (Wildman–Crippen MR) is 156 cm³/mol. The van der Waals surface area contributed by atoms with Gasteiger partial charge in [-0.2, -0.15) is 0 Å². The van der Waals surface area contributed by atoms with E-state index in [0.29, 0.717) is 16.7 Å². The highest BCUT2D eigenvalue weighted by Gasteiger charge is 2.56. The van der Waals surface area contributed by atoms with Crippen molar-refractivity contribution in [1.82, 2.24) is 15.1 Å². The zero-order valence-corrected chi connectivity index (χ0v) is 23.9. The number of nitrogens with one attached hydrogen (secondary N) is 1. The maximum Gasteiger partial charge on any atom is 0.379 e. The lowest BCUT2D eigenvalue weighted by atomic mass is 9.88. The van der Waals surface area contributed by atoms with Crippen molar-refractivity contribution in [2.45, 2.75) is 51.9 Å². The smallest absolute Gasteiger partial charge is 0.379 e. The van der Waals surface area contributed by atoms with Crippen molar-refractivity contribution >= 4 is 35.2 Å². The third kappa shape index (κ3) is 6.15. The summed E-state index contributed by atoms with van der Waals surface area (Å²) in [4.78, 5) is 70.8. The normalized spacial score (nSPS) is 16.4. The van der Waals surface area contributed by atoms with Gasteiger partial charge in [-0.3, -0.25) is 24.1 Å². The zero-order chi connectivity index (χ0) is 30.4. The highest BCUT2D eigenvalue weighted by atomic mass is 16.5. The van der Waals surface area contributed by atoms with E-state index in [0.717, 1.165) is 4.90 Å². The van der Waals surface area contributed by atoms with Crippen molar-refractivity contribution in [3.05, 3.63) is 114 Å². The monoisotopic (exact) mass is 567 g/mol. The first-order valence-corrected chi connectivity index (χ1v) is 13.6. The molecule has 1 heterocycles. The highest BCUT2D eigenvalue weighted by molar-refractivity contribution is 6.38. The summed E-state index contributed by atoms with van der Waals surface area (Å²) in [6.45, 7) is 5.74. The summed E-state index contributed by atoms with van der Waals surface area (Å²) in [5, 5.41) is 2.68. The van der Waals surface area contributed by atoms with Crippen LogP contribution in [0.2, 0.25) is 0 Å². The molecule has 0 fully saturated rings. The molecule has 1 aliphatic heterocycles. The summed E-state index contributed by atoms with van der Waals surface area (Å²) in [5.74, 6) is -4.09. The van der Waals surface area contributed by atoms with Crippen LogP contribution in [0.25, 0.3) is 5.70 Å². The largest absolute Gasteiger partial charge is 0.457 e. The number of ether oxygens (including phenoxy) is 1. The summed E-state index contributed by atoms with van der Waals surface area (Å²) >= 11 is 0. The molecule has 1 N–H and O–H groups in total. The van der Waals surface area contributed by atoms with Crippen LogP contribution in [-0.2, 0) is 35.1 Å². The van der Waals surface area contributed by atoms with E-state index in [9.17, 15) is 24.0 Å². The number of nitrogens with zero attached hydrogens (tertiary/aromatic N) is 2. The third-order valence-corrected chi connectivity index (χ3v) is 6.75. The minimum atomic E-state index is -2.24. The number of esters is 1. The molecule has 1 unspecified atom stereocenters. The van der Waals surface area contributed by atoms with Gasteiger partial charge in [0.15, 0.2) is 5.66 Å². The minimum absolute atomic E-state index is 0.151. The summed E-state index contributed by atoms with van der Waals surface area (Å²) in [6.07, 6.45) is 0.593. The number of Topliss-reactive ketones (excluding diaryl/α,β-unsaturated/α-hetero) is 1. The number of carbonyl (C=O) groups excluding carboxylic acids is 5. The molecule has 3 aromatic carbocycles. The first-order chi connectivity index (χ1) is 20.0. The Morgan fingerprint density at radius 3 is 1.93 bits per heavy atom. The first-order valence-electron chi connectivity index (χ1n) is 13.6. The second-order valence-electron chi connectivity index (χ2n) is 10.3. The molecule has 0 saturated carbocycles. The average Bonchev–Trinajstić information content (AvgIpc) is 2.96. The SMILES string of the molecule is CC(=O)N[C@](Cc1ccccc1)(C(=O)C(=O)OC(C)C)N1C(=O)C(c2ccccc2)N(C(C)=O)C=C1c1ccccc1. The lowest BCUT2D eigenvalue weighted by Gasteiger charge is -2.48. The van der Waals surface area contributed by atoms with E-state index in [4.69, 9.17) is 4.74 Å². The molecule has 9 heteroatoms. The molecule has 2 atom stereocenters. The van der Waals surface area contributed by atoms with E-state index < -0.39 is 47.3 Å². The van der Waals surface area contributed by atoms with Crippen LogP contribution < -0.4 is 5.32 Å². The Morgan fingerprint density at radius 1 is 0.857 bits per heavy atom. The number of ketones is 1. The second kappa shape index (κ2) is 12.6. The quantitative estimate of drug-likeness (QED) is 0.309. The van der Waals surface area contributed by atoms with E-state index >= 15 is 0 Å². The number of benzene rings is 3. The number of amides is 3. The van der Waals surface area contributed by atoms with Gasteiger partial charge >= 0.3 is 5.97 Å². The number of hydrogen-bond donors (Lipinski definition) is 1. The van der Waals surface area contributed by atoms with E-state index in [-0.39, 0.29) is 12.1 Å². The van der Waals surface area contributed by atoms with E-state index in [1.165, 1.54) is 24.9 Å². The minimum Gasteiger partial charge on any atom is -0.457 e. The van der Waals surface area contributed by atoms with Gasteiger partial charge in [0.2, 0.25) is 11.8 Å². The van der Waals surface area contributed by atoms with Crippen molar-refractivity contribution in [3.63, 3.8) is 0 Å². The maximum absolute atomic E-state index is 14.8. The molecule has 3 amide bonds. The van der Waals surface area contributed by atoms with Crippen LogP contribution in [0.4, 0.5) is 0 Å². The third-order valence-electron chi connectivity index (χ3n) is 6.75. The van der Waals surface area contributed by atoms with E-state index in [1.807, 2.05) is 0 Å². The van der Waals surface area contributed by atoms with Gasteiger partial charge in [-0.05, 0) is 30.5 Å². The molecule has 3 aromatic rings. The number of hydrogen-bond acceptors (Lipinski definition) is 6.